The lowest BCUT2D eigenvalue weighted by Gasteiger charge is -2.34. The summed E-state index contributed by atoms with van der Waals surface area (Å²) in [5, 5.41) is 0. The van der Waals surface area contributed by atoms with E-state index in [1.165, 1.54) is 12.8 Å². The van der Waals surface area contributed by atoms with E-state index in [4.69, 9.17) is 5.73 Å². The Morgan fingerprint density at radius 1 is 1.28 bits per heavy atom. The first-order valence-electron chi connectivity index (χ1n) is 6.93. The summed E-state index contributed by atoms with van der Waals surface area (Å²) < 4.78 is 0. The predicted molar refractivity (Wildman–Crippen MR) is 74.8 cm³/mol. The van der Waals surface area contributed by atoms with Crippen molar-refractivity contribution >= 4 is 5.82 Å². The van der Waals surface area contributed by atoms with E-state index in [-0.39, 0.29) is 0 Å². The molecular formula is C14H24N4. The second kappa shape index (κ2) is 5.65. The summed E-state index contributed by atoms with van der Waals surface area (Å²) in [6.07, 6.45) is 5.55. The molecule has 1 aliphatic rings. The number of hydrogen-bond donors (Lipinski definition) is 1. The van der Waals surface area contributed by atoms with Gasteiger partial charge in [-0.2, -0.15) is 0 Å². The van der Waals surface area contributed by atoms with Crippen molar-refractivity contribution in [3.63, 3.8) is 0 Å². The first-order chi connectivity index (χ1) is 8.60. The third-order valence-electron chi connectivity index (χ3n) is 3.89. The van der Waals surface area contributed by atoms with Gasteiger partial charge in [0, 0.05) is 30.9 Å². The number of aryl methyl sites for hydroxylation is 2. The van der Waals surface area contributed by atoms with Gasteiger partial charge in [-0.25, -0.2) is 9.97 Å². The smallest absolute Gasteiger partial charge is 0.132 e. The van der Waals surface area contributed by atoms with Crippen molar-refractivity contribution in [3.8, 4) is 0 Å². The maximum absolute atomic E-state index is 5.96. The van der Waals surface area contributed by atoms with Crippen molar-refractivity contribution in [1.82, 2.24) is 9.97 Å². The Hall–Kier alpha value is -1.16. The van der Waals surface area contributed by atoms with Gasteiger partial charge in [0.05, 0.1) is 0 Å². The number of nitrogens with zero attached hydrogens (tertiary/aromatic N) is 3. The molecule has 0 aliphatic heterocycles. The van der Waals surface area contributed by atoms with Gasteiger partial charge < -0.3 is 10.6 Å². The van der Waals surface area contributed by atoms with Crippen LogP contribution in [0.1, 0.15) is 44.1 Å². The SMILES string of the molecule is CCc1cc(N(C)C2CCC(N)CC2)nc(C)n1. The van der Waals surface area contributed by atoms with Gasteiger partial charge in [0.25, 0.3) is 0 Å². The molecule has 4 nitrogen and oxygen atoms in total. The predicted octanol–water partition coefficient (Wildman–Crippen LogP) is 2.05. The minimum absolute atomic E-state index is 0.396. The monoisotopic (exact) mass is 248 g/mol. The molecule has 1 aromatic rings. The van der Waals surface area contributed by atoms with Gasteiger partial charge in [0.2, 0.25) is 0 Å². The molecule has 0 aromatic carbocycles. The molecule has 1 fully saturated rings. The van der Waals surface area contributed by atoms with Crippen LogP contribution in [0.2, 0.25) is 0 Å². The number of anilines is 1. The molecule has 0 spiro atoms. The van der Waals surface area contributed by atoms with Crippen LogP contribution in [0.4, 0.5) is 5.82 Å². The molecule has 1 aromatic heterocycles. The summed E-state index contributed by atoms with van der Waals surface area (Å²) in [6.45, 7) is 4.10. The van der Waals surface area contributed by atoms with E-state index in [2.05, 4.69) is 34.9 Å². The molecule has 0 saturated heterocycles. The zero-order chi connectivity index (χ0) is 13.1. The van der Waals surface area contributed by atoms with Gasteiger partial charge in [-0.15, -0.1) is 0 Å². The first-order valence-corrected chi connectivity index (χ1v) is 6.93. The highest BCUT2D eigenvalue weighted by molar-refractivity contribution is 5.40. The van der Waals surface area contributed by atoms with Crippen LogP contribution in [0.5, 0.6) is 0 Å². The molecular weight excluding hydrogens is 224 g/mol. The average molecular weight is 248 g/mol. The number of aromatic nitrogens is 2. The molecule has 1 heterocycles. The summed E-state index contributed by atoms with van der Waals surface area (Å²) in [5.41, 5.74) is 7.08. The van der Waals surface area contributed by atoms with Crippen molar-refractivity contribution in [2.24, 2.45) is 5.73 Å². The van der Waals surface area contributed by atoms with Crippen LogP contribution in [-0.4, -0.2) is 29.1 Å². The molecule has 18 heavy (non-hydrogen) atoms. The first kappa shape index (κ1) is 13.3. The summed E-state index contributed by atoms with van der Waals surface area (Å²) in [4.78, 5) is 11.3. The van der Waals surface area contributed by atoms with Crippen molar-refractivity contribution in [3.05, 3.63) is 17.6 Å². The Balaban J connectivity index is 2.12. The fourth-order valence-electron chi connectivity index (χ4n) is 2.65. The lowest BCUT2D eigenvalue weighted by atomic mass is 9.91. The van der Waals surface area contributed by atoms with E-state index in [0.29, 0.717) is 12.1 Å². The fraction of sp³-hybridized carbons (Fsp3) is 0.714. The molecule has 0 bridgehead atoms. The van der Waals surface area contributed by atoms with Crippen molar-refractivity contribution in [2.75, 3.05) is 11.9 Å². The molecule has 0 amide bonds. The Bertz CT molecular complexity index is 397. The van der Waals surface area contributed by atoms with Crippen LogP contribution in [0.25, 0.3) is 0 Å². The van der Waals surface area contributed by atoms with Crippen molar-refractivity contribution in [1.29, 1.82) is 0 Å². The van der Waals surface area contributed by atoms with Gasteiger partial charge >= 0.3 is 0 Å². The quantitative estimate of drug-likeness (QED) is 0.889. The van der Waals surface area contributed by atoms with Crippen LogP contribution in [0.3, 0.4) is 0 Å². The van der Waals surface area contributed by atoms with E-state index in [1.807, 2.05) is 6.92 Å². The summed E-state index contributed by atoms with van der Waals surface area (Å²) in [5.74, 6) is 1.92. The highest BCUT2D eigenvalue weighted by atomic mass is 15.2. The topological polar surface area (TPSA) is 55.0 Å². The number of rotatable bonds is 3. The standard InChI is InChI=1S/C14H24N4/c1-4-12-9-14(17-10(2)16-12)18(3)13-7-5-11(15)6-8-13/h9,11,13H,4-8,15H2,1-3H3. The highest BCUT2D eigenvalue weighted by Crippen LogP contribution is 2.25. The van der Waals surface area contributed by atoms with Crippen LogP contribution in [0.15, 0.2) is 6.07 Å². The van der Waals surface area contributed by atoms with E-state index < -0.39 is 0 Å². The zero-order valence-electron chi connectivity index (χ0n) is 11.7. The normalized spacial score (nSPS) is 24.0. The lowest BCUT2D eigenvalue weighted by molar-refractivity contribution is 0.383. The van der Waals surface area contributed by atoms with E-state index in [1.54, 1.807) is 0 Å². The number of nitrogens with two attached hydrogens (primary N) is 1. The van der Waals surface area contributed by atoms with E-state index in [9.17, 15) is 0 Å². The van der Waals surface area contributed by atoms with Crippen LogP contribution in [0, 0.1) is 6.92 Å². The van der Waals surface area contributed by atoms with Crippen LogP contribution >= 0.6 is 0 Å². The highest BCUT2D eigenvalue weighted by Gasteiger charge is 2.23. The maximum atomic E-state index is 5.96. The molecule has 1 saturated carbocycles. The van der Waals surface area contributed by atoms with Gasteiger partial charge in [-0.3, -0.25) is 0 Å². The van der Waals surface area contributed by atoms with Gasteiger partial charge in [-0.1, -0.05) is 6.92 Å². The lowest BCUT2D eigenvalue weighted by Crippen LogP contribution is -2.39. The molecule has 0 unspecified atom stereocenters. The van der Waals surface area contributed by atoms with Crippen LogP contribution in [-0.2, 0) is 6.42 Å². The maximum Gasteiger partial charge on any atom is 0.132 e. The Labute approximate surface area is 110 Å². The van der Waals surface area contributed by atoms with Crippen molar-refractivity contribution in [2.45, 2.75) is 58.0 Å². The second-order valence-corrected chi connectivity index (χ2v) is 5.30. The minimum Gasteiger partial charge on any atom is -0.357 e. The van der Waals surface area contributed by atoms with E-state index >= 15 is 0 Å². The molecule has 0 atom stereocenters. The van der Waals surface area contributed by atoms with Gasteiger partial charge in [0.1, 0.15) is 11.6 Å². The molecule has 100 valence electrons. The number of hydrogen-bond acceptors (Lipinski definition) is 4. The molecule has 2 N–H and O–H groups in total. The van der Waals surface area contributed by atoms with Crippen LogP contribution < -0.4 is 10.6 Å². The Morgan fingerprint density at radius 3 is 2.56 bits per heavy atom. The fourth-order valence-corrected chi connectivity index (χ4v) is 2.65. The summed E-state index contributed by atoms with van der Waals surface area (Å²) in [7, 11) is 2.14. The van der Waals surface area contributed by atoms with Crippen molar-refractivity contribution < 1.29 is 0 Å². The Morgan fingerprint density at radius 2 is 1.94 bits per heavy atom. The molecule has 0 radical (unpaired) electrons. The average Bonchev–Trinajstić information content (AvgIpc) is 2.38. The minimum atomic E-state index is 0.396. The third-order valence-corrected chi connectivity index (χ3v) is 3.89. The third kappa shape index (κ3) is 2.99. The molecule has 4 heteroatoms. The van der Waals surface area contributed by atoms with Gasteiger partial charge in [0.15, 0.2) is 0 Å². The Kier molecular flexibility index (Phi) is 4.17. The van der Waals surface area contributed by atoms with E-state index in [0.717, 1.165) is 36.6 Å². The second-order valence-electron chi connectivity index (χ2n) is 5.30. The zero-order valence-corrected chi connectivity index (χ0v) is 11.7. The summed E-state index contributed by atoms with van der Waals surface area (Å²) >= 11 is 0. The molecule has 1 aliphatic carbocycles. The largest absolute Gasteiger partial charge is 0.357 e. The van der Waals surface area contributed by atoms with Gasteiger partial charge in [-0.05, 0) is 39.0 Å². The molecule has 2 rings (SSSR count). The summed E-state index contributed by atoms with van der Waals surface area (Å²) in [6, 6.07) is 3.08.